The van der Waals surface area contributed by atoms with Gasteiger partial charge < -0.3 is 15.4 Å². The molecule has 3 aliphatic rings. The van der Waals surface area contributed by atoms with Crippen LogP contribution in [-0.4, -0.2) is 177 Å². The number of hydrogen-bond donors (Lipinski definition) is 13. The molecule has 4 heterocycles. The molecular formula is C58H77Cl3Hg3N14Na2O24S4. The maximum atomic E-state index is 12.6. The first-order chi connectivity index (χ1) is 49.3. The van der Waals surface area contributed by atoms with Crippen LogP contribution in [0.15, 0.2) is 90.2 Å². The second-order valence-corrected chi connectivity index (χ2v) is 53.2. The summed E-state index contributed by atoms with van der Waals surface area (Å²) < 4.78 is 99.7. The van der Waals surface area contributed by atoms with Crippen LogP contribution in [0.2, 0.25) is 21.8 Å². The van der Waals surface area contributed by atoms with Gasteiger partial charge >= 0.3 is 428 Å². The summed E-state index contributed by atoms with van der Waals surface area (Å²) in [6.45, 7) is 6.30. The number of halogens is 3. The number of methoxy groups -OCH3 is 3. The summed E-state index contributed by atoms with van der Waals surface area (Å²) in [5.41, 5.74) is 2.20. The fraction of sp³-hybridized carbons (Fsp3) is 0.448. The van der Waals surface area contributed by atoms with Crippen LogP contribution in [-0.2, 0) is 160 Å². The van der Waals surface area contributed by atoms with Crippen LogP contribution >= 0.6 is 39.7 Å². The number of primary sulfonamides is 2. The molecule has 50 heteroatoms. The number of imidazole rings is 1. The number of benzene rings is 3. The number of aryl methyl sites for hydroxylation is 1. The van der Waals surface area contributed by atoms with Gasteiger partial charge in [-0.25, -0.2) is 50.3 Å². The maximum absolute atomic E-state index is 12.6. The number of rotatable bonds is 26. The van der Waals surface area contributed by atoms with Gasteiger partial charge in [-0.15, -0.1) is 0 Å². The van der Waals surface area contributed by atoms with Crippen LogP contribution in [0.4, 0.5) is 15.3 Å². The van der Waals surface area contributed by atoms with Gasteiger partial charge in [0.25, 0.3) is 21.5 Å². The predicted octanol–water partition coefficient (Wildman–Crippen LogP) is -7.54. The van der Waals surface area contributed by atoms with Gasteiger partial charge in [-0.2, -0.15) is 0 Å². The Kier molecular flexibility index (Phi) is 44.9. The molecular weight excluding hydrogens is 2160 g/mol. The summed E-state index contributed by atoms with van der Waals surface area (Å²) in [5.74, 6) is -4.87. The van der Waals surface area contributed by atoms with E-state index in [0.29, 0.717) is 52.2 Å². The molecule has 0 spiro atoms. The average Bonchev–Trinajstić information content (AvgIpc) is 1.57. The summed E-state index contributed by atoms with van der Waals surface area (Å²) in [7, 11) is 2.84. The average molecular weight is 2240 g/mol. The van der Waals surface area contributed by atoms with Crippen molar-refractivity contribution in [2.45, 2.75) is 97.0 Å². The van der Waals surface area contributed by atoms with Crippen LogP contribution in [0.25, 0.3) is 11.2 Å². The molecule has 0 radical (unpaired) electrons. The number of primary amides is 1. The Morgan fingerprint density at radius 1 is 0.824 bits per heavy atom. The van der Waals surface area contributed by atoms with Crippen LogP contribution in [0.5, 0.6) is 0 Å². The summed E-state index contributed by atoms with van der Waals surface area (Å²) >= 11 is 7.13. The maximum Gasteiger partial charge on any atom is 1.00 e. The van der Waals surface area contributed by atoms with E-state index in [2.05, 4.69) is 36.2 Å². The number of aliphatic imine (C=N–C) groups is 1. The number of aromatic nitrogens is 4. The van der Waals surface area contributed by atoms with E-state index in [0.717, 1.165) is 37.0 Å². The number of amides is 7. The number of nitrogens with one attached hydrogen (secondary N) is 7. The summed E-state index contributed by atoms with van der Waals surface area (Å²) in [5, 5.41) is 63.1. The Bertz CT molecular complexity index is 4520. The van der Waals surface area contributed by atoms with Gasteiger partial charge in [0.1, 0.15) is 26.5 Å². The third-order valence-corrected chi connectivity index (χ3v) is 41.4. The number of nitrogens with zero attached hydrogens (tertiary/aromatic N) is 4. The molecule has 5 aromatic rings. The van der Waals surface area contributed by atoms with Crippen LogP contribution in [0.3, 0.4) is 0 Å². The van der Waals surface area contributed by atoms with E-state index in [1.807, 2.05) is 23.9 Å². The number of carboxylic acid groups (broad SMARTS) is 3. The third kappa shape index (κ3) is 30.3. The van der Waals surface area contributed by atoms with Crippen molar-refractivity contribution in [3.05, 3.63) is 108 Å². The molecule has 0 saturated heterocycles. The number of hydrogen-bond acceptors (Lipinski definition) is 26. The largest absolute Gasteiger partial charge is 1.00 e. The molecule has 1 aliphatic carbocycles. The Labute approximate surface area is 718 Å². The number of aromatic amines is 1. The quantitative estimate of drug-likeness (QED) is 0.0181. The zero-order valence-electron chi connectivity index (χ0n) is 60.3. The van der Waals surface area contributed by atoms with E-state index >= 15 is 0 Å². The van der Waals surface area contributed by atoms with E-state index < -0.39 is 165 Å². The molecule has 1 saturated carbocycles. The molecule has 8 rings (SSSR count). The molecule has 1 fully saturated rings. The fourth-order valence-electron chi connectivity index (χ4n) is 10.1. The topological polar surface area (TPSA) is 609 Å². The number of sulfonamides is 3. The second-order valence-electron chi connectivity index (χ2n) is 23.7. The minimum absolute atomic E-state index is 0. The number of aliphatic carboxylic acids is 3. The number of nitrogens with two attached hydrogens (primary N) is 3. The number of aliphatic hydroxyl groups is 1. The van der Waals surface area contributed by atoms with Crippen molar-refractivity contribution in [1.29, 1.82) is 0 Å². The Balaban J connectivity index is 0.000000657. The predicted molar refractivity (Wildman–Crippen MR) is 369 cm³/mol. The van der Waals surface area contributed by atoms with Gasteiger partial charge in [-0.3, -0.25) is 23.4 Å². The van der Waals surface area contributed by atoms with Crippen molar-refractivity contribution in [2.75, 3.05) is 46.7 Å². The molecule has 576 valence electrons. The molecule has 6 unspecified atom stereocenters. The van der Waals surface area contributed by atoms with Crippen molar-refractivity contribution in [2.24, 2.45) is 51.8 Å². The van der Waals surface area contributed by atoms with Crippen molar-refractivity contribution in [3.8, 4) is 0 Å². The number of fused-ring (bicyclic) bond motifs is 3. The molecule has 3 aromatic carbocycles. The molecule has 7 amide bonds. The van der Waals surface area contributed by atoms with Crippen molar-refractivity contribution in [1.82, 2.24) is 50.4 Å². The van der Waals surface area contributed by atoms with Gasteiger partial charge in [0.05, 0.1) is 22.1 Å². The first kappa shape index (κ1) is 102. The SMILES string of the molecule is COC(CNC(=O)C1CCC(C)(C(=O)[O-])C1(C)C)[CH2][Hg][S]CC(=O)[O-].COC(CNC(=O)NC(=O)CCC(=O)O)[CH2][Hg][OH].COC(CNC(N)=O)[CH2][Hg][Cl].Cn1c(=O)c2[nH]cnc2n(C)c1=O.NS(=O)(=O)c1cc(C2(O)NC(=O)c3ccccc32)ccc1Cl.NS(=O)(=O)c1cc2c(cc1Cl)N=CNS2(=O)=O.[Na+].[Na+]. The van der Waals surface area contributed by atoms with Gasteiger partial charge in [0, 0.05) is 30.8 Å². The fourth-order valence-corrected chi connectivity index (χ4v) is 32.0. The second kappa shape index (κ2) is 47.3. The van der Waals surface area contributed by atoms with E-state index in [1.54, 1.807) is 52.5 Å². The monoisotopic (exact) mass is 2240 g/mol. The first-order valence-corrected chi connectivity index (χ1v) is 65.3. The van der Waals surface area contributed by atoms with E-state index in [9.17, 15) is 88.5 Å². The number of carboxylic acids is 3. The Hall–Kier alpha value is -3.56. The van der Waals surface area contributed by atoms with Crippen molar-refractivity contribution in [3.63, 3.8) is 0 Å². The zero-order chi connectivity index (χ0) is 80.5. The third-order valence-electron chi connectivity index (χ3n) is 16.6. The molecule has 2 aliphatic heterocycles. The summed E-state index contributed by atoms with van der Waals surface area (Å²) in [6.07, 6.45) is 2.43. The van der Waals surface area contributed by atoms with Crippen LogP contribution in [0.1, 0.15) is 67.9 Å². The number of carbonyl (C=O) groups excluding carboxylic acids is 7. The molecule has 0 bridgehead atoms. The normalized spacial score (nSPS) is 17.3. The summed E-state index contributed by atoms with van der Waals surface area (Å²) in [6, 6.07) is 11.2. The van der Waals surface area contributed by atoms with Gasteiger partial charge in [-0.05, 0) is 30.3 Å². The summed E-state index contributed by atoms with van der Waals surface area (Å²) in [4.78, 5) is 121. The Morgan fingerprint density at radius 2 is 1.40 bits per heavy atom. The van der Waals surface area contributed by atoms with Crippen molar-refractivity contribution >= 4 is 141 Å². The standard InChI is InChI=1S/C14H11ClN2O4S.C14H24NO4.C9H15N2O5.C7H6ClN3O4S2.C7H8N4O2.C5H11N2O2.C2H4O2S.ClH.3Hg.2Na.H2O/c15-11-6-5-8(7-12(11)22(16,20)21)14(19)10-4-2-1-3-9(10)13(18)17-14;1-9(19-5)8-15-11(16)10-6-7-14(4,12(17)18)13(10,2)3;1-6(16-2)5-10-9(15)11-7(12)3-4-8(13)14;8-4-1-5-7(2-6(4)16(9,12)13)17(14,15)11-3-10-5;1-10-5-4(8-3-9-5)6(12)11(2)7(10)13;1-4(9-2)3-7-5(6)8;3-2(4)1-5;;;;;;;/h1-7,19H,(H,17,18)(H2,16,20,21);9-10H,1,6-8H2,2-5H3,(H,15,16)(H,17,18);6H,1,3-5H2,2H3,(H,13,14)(H2,10,11,12,15);1-3H,(H,10,11)(H2,9,12,13);3H,1-2H3,(H,8,9);4H,1,3H2,2H3,(H3,6,7,8);5H,1H2,(H,3,4);1H;;;;;;1H2/q;;;;;;;;5*+1;/p-5. The number of imide groups is 1. The van der Waals surface area contributed by atoms with E-state index in [-0.39, 0.29) is 157 Å². The number of H-pyrrole nitrogens is 1. The molecule has 108 heavy (non-hydrogen) atoms. The molecule has 6 atom stereocenters. The van der Waals surface area contributed by atoms with Gasteiger partial charge in [-0.1, -0.05) is 47.5 Å². The zero-order valence-corrected chi connectivity index (χ0v) is 86.3. The number of urea groups is 2. The van der Waals surface area contributed by atoms with E-state index in [1.165, 1.54) is 45.4 Å². The van der Waals surface area contributed by atoms with Gasteiger partial charge in [0.2, 0.25) is 20.0 Å². The van der Waals surface area contributed by atoms with Crippen LogP contribution in [0, 0.1) is 16.7 Å². The number of carbonyl (C=O) groups is 8. The molecule has 2 aromatic heterocycles. The number of ether oxygens (including phenoxy) is 3. The van der Waals surface area contributed by atoms with E-state index in [4.69, 9.17) is 69.8 Å². The first-order valence-electron chi connectivity index (χ1n) is 31.2. The molecule has 38 nitrogen and oxygen atoms in total. The minimum Gasteiger partial charge on any atom is -0.363 e. The Morgan fingerprint density at radius 3 is 1.94 bits per heavy atom. The van der Waals surface area contributed by atoms with Gasteiger partial charge in [0.15, 0.2) is 11.4 Å². The molecule has 16 N–H and O–H groups in total. The van der Waals surface area contributed by atoms with Crippen LogP contribution < -0.4 is 128 Å². The van der Waals surface area contributed by atoms with Crippen molar-refractivity contribution < 1.29 is 232 Å². The minimum atomic E-state index is -4.09. The smallest absolute Gasteiger partial charge is 0.363 e.